The fourth-order valence-corrected chi connectivity index (χ4v) is 7.80. The van der Waals surface area contributed by atoms with E-state index in [0.29, 0.717) is 22.2 Å². The molecule has 9 nitrogen and oxygen atoms in total. The maximum atomic E-state index is 13.1. The maximum Gasteiger partial charge on any atom is 0.341 e. The van der Waals surface area contributed by atoms with E-state index in [9.17, 15) is 18.0 Å². The van der Waals surface area contributed by atoms with E-state index in [0.717, 1.165) is 30.0 Å². The summed E-state index contributed by atoms with van der Waals surface area (Å²) in [4.78, 5) is 28.6. The number of carbonyl (C=O) groups excluding carboxylic acids is 2. The minimum Gasteiger partial charge on any atom is -0.462 e. The third-order valence-electron chi connectivity index (χ3n) is 6.84. The number of hydrogen-bond acceptors (Lipinski definition) is 7. The lowest BCUT2D eigenvalue weighted by atomic mass is 10.0. The van der Waals surface area contributed by atoms with Crippen molar-refractivity contribution >= 4 is 38.2 Å². The van der Waals surface area contributed by atoms with Gasteiger partial charge in [-0.2, -0.15) is 4.31 Å². The zero-order valence-electron chi connectivity index (χ0n) is 22.0. The lowest BCUT2D eigenvalue weighted by Gasteiger charge is -2.34. The summed E-state index contributed by atoms with van der Waals surface area (Å²) in [5.41, 5.74) is 1.70. The maximum absolute atomic E-state index is 13.1. The topological polar surface area (TPSA) is 106 Å². The first-order valence-corrected chi connectivity index (χ1v) is 15.0. The first-order valence-electron chi connectivity index (χ1n) is 12.7. The number of hydrogen-bond donors (Lipinski definition) is 2. The number of nitrogens with zero attached hydrogens (tertiary/aromatic N) is 1. The number of anilines is 1. The first-order chi connectivity index (χ1) is 17.5. The van der Waals surface area contributed by atoms with Crippen molar-refractivity contribution in [2.45, 2.75) is 70.7 Å². The summed E-state index contributed by atoms with van der Waals surface area (Å²) in [6.07, 6.45) is 0.361. The van der Waals surface area contributed by atoms with Gasteiger partial charge in [0.1, 0.15) is 11.5 Å². The van der Waals surface area contributed by atoms with Gasteiger partial charge in [-0.3, -0.25) is 4.79 Å². The van der Waals surface area contributed by atoms with Crippen molar-refractivity contribution in [3.63, 3.8) is 0 Å². The third-order valence-corrected chi connectivity index (χ3v) is 9.83. The van der Waals surface area contributed by atoms with Crippen molar-refractivity contribution in [1.29, 1.82) is 0 Å². The van der Waals surface area contributed by atoms with E-state index in [-0.39, 0.29) is 36.8 Å². The van der Waals surface area contributed by atoms with Gasteiger partial charge in [-0.1, -0.05) is 0 Å². The fraction of sp³-hybridized carbons (Fsp3) is 0.538. The molecule has 1 saturated heterocycles. The molecule has 4 rings (SSSR count). The molecule has 1 aromatic carbocycles. The van der Waals surface area contributed by atoms with Crippen molar-refractivity contribution < 1.29 is 32.4 Å². The monoisotopic (exact) mass is 550 g/mol. The smallest absolute Gasteiger partial charge is 0.341 e. The highest BCUT2D eigenvalue weighted by Gasteiger charge is 2.34. The van der Waals surface area contributed by atoms with Gasteiger partial charge in [-0.25, -0.2) is 13.2 Å². The molecule has 0 spiro atoms. The highest BCUT2D eigenvalue weighted by Crippen LogP contribution is 2.36. The fourth-order valence-electron chi connectivity index (χ4n) is 4.93. The van der Waals surface area contributed by atoms with Crippen LogP contribution in [0.15, 0.2) is 29.2 Å². The third kappa shape index (κ3) is 5.91. The molecule has 2 aliphatic heterocycles. The highest BCUT2D eigenvalue weighted by molar-refractivity contribution is 7.89. The molecule has 0 bridgehead atoms. The number of thiophene rings is 1. The van der Waals surface area contributed by atoms with Gasteiger partial charge in [0.2, 0.25) is 10.0 Å². The highest BCUT2D eigenvalue weighted by atomic mass is 32.2. The van der Waals surface area contributed by atoms with Crippen molar-refractivity contribution in [2.75, 3.05) is 31.6 Å². The Labute approximate surface area is 222 Å². The number of quaternary nitrogens is 1. The Bertz CT molecular complexity index is 1250. The van der Waals surface area contributed by atoms with Crippen LogP contribution in [0.2, 0.25) is 0 Å². The average molecular weight is 551 g/mol. The zero-order valence-corrected chi connectivity index (χ0v) is 23.6. The van der Waals surface area contributed by atoms with Gasteiger partial charge in [0.25, 0.3) is 5.91 Å². The lowest BCUT2D eigenvalue weighted by molar-refractivity contribution is -0.936. The molecule has 1 fully saturated rings. The summed E-state index contributed by atoms with van der Waals surface area (Å²) < 4.78 is 38.7. The second-order valence-electron chi connectivity index (χ2n) is 9.98. The number of rotatable bonds is 7. The molecule has 202 valence electrons. The van der Waals surface area contributed by atoms with Crippen molar-refractivity contribution in [3.8, 4) is 0 Å². The standard InChI is InChI=1S/C26H35N3O6S2/c1-6-34-26(31)23-21-11-12-28(16(2)3)15-22(21)36-25(23)27-24(30)19-7-9-20(10-8-19)37(32,33)29-13-17(4)35-18(5)14-29/h7-10,16-18H,6,11-15H2,1-5H3,(H,27,30)/p+1. The number of ether oxygens (including phenoxy) is 2. The van der Waals surface area contributed by atoms with Gasteiger partial charge in [-0.15, -0.1) is 11.3 Å². The summed E-state index contributed by atoms with van der Waals surface area (Å²) in [6, 6.07) is 6.35. The summed E-state index contributed by atoms with van der Waals surface area (Å²) in [5, 5.41) is 3.37. The molecule has 1 amide bonds. The van der Waals surface area contributed by atoms with Gasteiger partial charge >= 0.3 is 5.97 Å². The zero-order chi connectivity index (χ0) is 26.9. The van der Waals surface area contributed by atoms with Crippen molar-refractivity contribution in [1.82, 2.24) is 4.31 Å². The molecule has 0 saturated carbocycles. The van der Waals surface area contributed by atoms with Gasteiger partial charge in [0.15, 0.2) is 0 Å². The van der Waals surface area contributed by atoms with E-state index in [1.165, 1.54) is 44.8 Å². The average Bonchev–Trinajstić information content (AvgIpc) is 3.20. The van der Waals surface area contributed by atoms with E-state index < -0.39 is 21.9 Å². The number of fused-ring (bicyclic) bond motifs is 1. The van der Waals surface area contributed by atoms with Gasteiger partial charge in [0.05, 0.1) is 46.7 Å². The SMILES string of the molecule is CCOC(=O)c1c(NC(=O)c2ccc(S(=O)(=O)N3CC(C)OC(C)C3)cc2)sc2c1CC[NH+](C(C)C)C2. The van der Waals surface area contributed by atoms with E-state index in [4.69, 9.17) is 9.47 Å². The van der Waals surface area contributed by atoms with E-state index >= 15 is 0 Å². The molecule has 3 atom stereocenters. The number of carbonyl (C=O) groups is 2. The molecule has 2 aromatic rings. The van der Waals surface area contributed by atoms with Crippen LogP contribution in [0.5, 0.6) is 0 Å². The van der Waals surface area contributed by atoms with E-state index in [2.05, 4.69) is 19.2 Å². The molecule has 3 unspecified atom stereocenters. The Morgan fingerprint density at radius 1 is 1.19 bits per heavy atom. The van der Waals surface area contributed by atoms with Gasteiger partial charge < -0.3 is 19.7 Å². The largest absolute Gasteiger partial charge is 0.462 e. The first kappa shape index (κ1) is 27.7. The van der Waals surface area contributed by atoms with Crippen LogP contribution in [-0.4, -0.2) is 69.1 Å². The summed E-state index contributed by atoms with van der Waals surface area (Å²) in [5.74, 6) is -0.839. The molecule has 11 heteroatoms. The quantitative estimate of drug-likeness (QED) is 0.513. The molecular weight excluding hydrogens is 514 g/mol. The van der Waals surface area contributed by atoms with Crippen LogP contribution in [0.1, 0.15) is 65.8 Å². The Hall–Kier alpha value is -2.31. The van der Waals surface area contributed by atoms with Crippen molar-refractivity contribution in [2.24, 2.45) is 0 Å². The molecule has 0 radical (unpaired) electrons. The second-order valence-corrected chi connectivity index (χ2v) is 13.0. The van der Waals surface area contributed by atoms with Crippen molar-refractivity contribution in [3.05, 3.63) is 45.8 Å². The normalized spacial score (nSPS) is 22.5. The van der Waals surface area contributed by atoms with Crippen LogP contribution in [0.4, 0.5) is 5.00 Å². The van der Waals surface area contributed by atoms with Gasteiger partial charge in [-0.05, 0) is 64.4 Å². The number of sulfonamides is 1. The summed E-state index contributed by atoms with van der Waals surface area (Å²) in [7, 11) is -3.71. The minimum atomic E-state index is -3.71. The predicted molar refractivity (Wildman–Crippen MR) is 142 cm³/mol. The molecule has 2 aliphatic rings. The Kier molecular flexibility index (Phi) is 8.39. The molecule has 3 heterocycles. The molecular formula is C26H36N3O6S2+. The number of nitrogens with one attached hydrogen (secondary N) is 2. The Balaban J connectivity index is 1.55. The van der Waals surface area contributed by atoms with Crippen LogP contribution in [0.3, 0.4) is 0 Å². The minimum absolute atomic E-state index is 0.126. The molecule has 37 heavy (non-hydrogen) atoms. The second kappa shape index (κ2) is 11.2. The summed E-state index contributed by atoms with van der Waals surface area (Å²) >= 11 is 1.42. The van der Waals surface area contributed by atoms with Crippen LogP contribution >= 0.6 is 11.3 Å². The van der Waals surface area contributed by atoms with Crippen LogP contribution in [0.25, 0.3) is 0 Å². The van der Waals surface area contributed by atoms with Crippen LogP contribution < -0.4 is 10.2 Å². The number of benzene rings is 1. The molecule has 1 aromatic heterocycles. The van der Waals surface area contributed by atoms with Gasteiger partial charge in [0, 0.05) is 25.1 Å². The van der Waals surface area contributed by atoms with E-state index in [1.807, 2.05) is 13.8 Å². The van der Waals surface area contributed by atoms with Crippen LogP contribution in [-0.2, 0) is 32.5 Å². The lowest BCUT2D eigenvalue weighted by Crippen LogP contribution is -3.14. The number of esters is 1. The molecule has 0 aliphatic carbocycles. The summed E-state index contributed by atoms with van der Waals surface area (Å²) in [6.45, 7) is 12.3. The van der Waals surface area contributed by atoms with E-state index in [1.54, 1.807) is 6.92 Å². The van der Waals surface area contributed by atoms with Crippen LogP contribution in [0, 0.1) is 0 Å². The number of morpholine rings is 1. The Morgan fingerprint density at radius 2 is 1.84 bits per heavy atom. The number of amides is 1. The molecule has 2 N–H and O–H groups in total. The predicted octanol–water partition coefficient (Wildman–Crippen LogP) is 2.32. The Morgan fingerprint density at radius 3 is 2.43 bits per heavy atom.